The van der Waals surface area contributed by atoms with E-state index in [-0.39, 0.29) is 0 Å². The van der Waals surface area contributed by atoms with Crippen molar-refractivity contribution in [3.63, 3.8) is 0 Å². The van der Waals surface area contributed by atoms with Crippen molar-refractivity contribution in [1.29, 1.82) is 0 Å². The van der Waals surface area contributed by atoms with Crippen LogP contribution in [0, 0.1) is 0 Å². The molecule has 1 aromatic heterocycles. The lowest BCUT2D eigenvalue weighted by molar-refractivity contribution is 0.122. The number of hydrogen-bond acceptors (Lipinski definition) is 6. The van der Waals surface area contributed by atoms with Gasteiger partial charge in [-0.15, -0.1) is 11.3 Å². The van der Waals surface area contributed by atoms with Crippen molar-refractivity contribution >= 4 is 28.2 Å². The molecule has 3 rings (SSSR count). The highest BCUT2D eigenvalue weighted by Crippen LogP contribution is 2.25. The smallest absolute Gasteiger partial charge is 0.185 e. The van der Waals surface area contributed by atoms with Gasteiger partial charge in [-0.2, -0.15) is 11.8 Å². The van der Waals surface area contributed by atoms with Crippen molar-refractivity contribution in [1.82, 2.24) is 9.88 Å². The predicted octanol–water partition coefficient (Wildman–Crippen LogP) is 1.53. The summed E-state index contributed by atoms with van der Waals surface area (Å²) in [4.78, 5) is 10.8. The molecule has 6 heteroatoms. The number of ether oxygens (including phenoxy) is 1. The molecule has 2 aliphatic rings. The molecule has 0 saturated carbocycles. The van der Waals surface area contributed by atoms with Gasteiger partial charge in [0.15, 0.2) is 5.13 Å². The van der Waals surface area contributed by atoms with E-state index in [0.29, 0.717) is 0 Å². The van der Waals surface area contributed by atoms with Gasteiger partial charge in [-0.3, -0.25) is 4.90 Å². The zero-order valence-corrected chi connectivity index (χ0v) is 12.1. The van der Waals surface area contributed by atoms with Crippen molar-refractivity contribution in [2.45, 2.75) is 6.54 Å². The summed E-state index contributed by atoms with van der Waals surface area (Å²) in [7, 11) is 0. The van der Waals surface area contributed by atoms with Gasteiger partial charge in [-0.25, -0.2) is 4.98 Å². The van der Waals surface area contributed by atoms with E-state index >= 15 is 0 Å². The van der Waals surface area contributed by atoms with Crippen molar-refractivity contribution in [2.24, 2.45) is 0 Å². The second kappa shape index (κ2) is 6.23. The second-order valence-electron chi connectivity index (χ2n) is 4.60. The van der Waals surface area contributed by atoms with Crippen molar-refractivity contribution in [3.8, 4) is 0 Å². The molecular formula is C12H19N3OS2. The number of rotatable bonds is 3. The molecule has 0 aromatic carbocycles. The van der Waals surface area contributed by atoms with Crippen LogP contribution in [0.15, 0.2) is 6.20 Å². The maximum Gasteiger partial charge on any atom is 0.185 e. The standard InChI is InChI=1S/C12H19N3OS2/c1-5-16-6-2-15(1)12-13-9-11(18-12)10-14-3-7-17-8-4-14/h9H,1-8,10H2. The molecular weight excluding hydrogens is 266 g/mol. The molecule has 0 aliphatic carbocycles. The van der Waals surface area contributed by atoms with Gasteiger partial charge >= 0.3 is 0 Å². The average molecular weight is 285 g/mol. The highest BCUT2D eigenvalue weighted by atomic mass is 32.2. The summed E-state index contributed by atoms with van der Waals surface area (Å²) >= 11 is 3.90. The molecule has 0 radical (unpaired) electrons. The zero-order valence-electron chi connectivity index (χ0n) is 10.5. The van der Waals surface area contributed by atoms with E-state index in [9.17, 15) is 0 Å². The minimum absolute atomic E-state index is 0.832. The molecule has 3 heterocycles. The Labute approximate surface area is 116 Å². The number of thiazole rings is 1. The quantitative estimate of drug-likeness (QED) is 0.840. The van der Waals surface area contributed by atoms with Crippen LogP contribution < -0.4 is 4.90 Å². The van der Waals surface area contributed by atoms with Gasteiger partial charge in [-0.1, -0.05) is 0 Å². The first-order chi connectivity index (χ1) is 8.92. The first kappa shape index (κ1) is 12.7. The third-order valence-electron chi connectivity index (χ3n) is 3.31. The molecule has 0 amide bonds. The molecule has 0 atom stereocenters. The van der Waals surface area contributed by atoms with Crippen LogP contribution in [0.1, 0.15) is 4.88 Å². The Bertz CT molecular complexity index is 373. The normalized spacial score (nSPS) is 22.3. The number of morpholine rings is 1. The molecule has 4 nitrogen and oxygen atoms in total. The van der Waals surface area contributed by atoms with E-state index in [1.165, 1.54) is 34.6 Å². The molecule has 2 aliphatic heterocycles. The summed E-state index contributed by atoms with van der Waals surface area (Å²) in [5.74, 6) is 2.55. The van der Waals surface area contributed by atoms with Crippen LogP contribution in [0.4, 0.5) is 5.13 Å². The lowest BCUT2D eigenvalue weighted by Gasteiger charge is -2.26. The second-order valence-corrected chi connectivity index (χ2v) is 6.92. The highest BCUT2D eigenvalue weighted by molar-refractivity contribution is 7.99. The Kier molecular flexibility index (Phi) is 4.40. The van der Waals surface area contributed by atoms with Crippen LogP contribution in [0.3, 0.4) is 0 Å². The van der Waals surface area contributed by atoms with Crippen LogP contribution in [-0.2, 0) is 11.3 Å². The molecule has 0 spiro atoms. The van der Waals surface area contributed by atoms with Crippen molar-refractivity contribution < 1.29 is 4.74 Å². The highest BCUT2D eigenvalue weighted by Gasteiger charge is 2.16. The predicted molar refractivity (Wildman–Crippen MR) is 77.7 cm³/mol. The van der Waals surface area contributed by atoms with E-state index in [1.54, 1.807) is 0 Å². The van der Waals surface area contributed by atoms with Crippen molar-refractivity contribution in [2.75, 3.05) is 55.8 Å². The van der Waals surface area contributed by atoms with E-state index in [0.717, 1.165) is 32.8 Å². The van der Waals surface area contributed by atoms with Gasteiger partial charge in [0, 0.05) is 55.3 Å². The molecule has 1 aromatic rings. The Morgan fingerprint density at radius 1 is 1.17 bits per heavy atom. The molecule has 18 heavy (non-hydrogen) atoms. The average Bonchev–Trinajstić information content (AvgIpc) is 2.89. The lowest BCUT2D eigenvalue weighted by Crippen LogP contribution is -2.36. The number of hydrogen-bond donors (Lipinski definition) is 0. The van der Waals surface area contributed by atoms with Crippen LogP contribution in [-0.4, -0.2) is 60.8 Å². The largest absolute Gasteiger partial charge is 0.378 e. The molecule has 2 saturated heterocycles. The zero-order chi connectivity index (χ0) is 12.2. The van der Waals surface area contributed by atoms with Gasteiger partial charge in [0.05, 0.1) is 13.2 Å². The summed E-state index contributed by atoms with van der Waals surface area (Å²) in [5, 5.41) is 1.17. The first-order valence-electron chi connectivity index (χ1n) is 6.49. The minimum atomic E-state index is 0.832. The van der Waals surface area contributed by atoms with Crippen LogP contribution in [0.25, 0.3) is 0 Å². The topological polar surface area (TPSA) is 28.6 Å². The molecule has 0 bridgehead atoms. The summed E-state index contributed by atoms with van der Waals surface area (Å²) in [5.41, 5.74) is 0. The SMILES string of the molecule is c1nc(N2CCOCC2)sc1CN1CCSCC1. The number of nitrogens with zero attached hydrogens (tertiary/aromatic N) is 3. The van der Waals surface area contributed by atoms with Crippen LogP contribution in [0.2, 0.25) is 0 Å². The number of anilines is 1. The van der Waals surface area contributed by atoms with Gasteiger partial charge in [-0.05, 0) is 0 Å². The monoisotopic (exact) mass is 285 g/mol. The first-order valence-corrected chi connectivity index (χ1v) is 8.46. The third-order valence-corrected chi connectivity index (χ3v) is 5.29. The van der Waals surface area contributed by atoms with Gasteiger partial charge < -0.3 is 9.64 Å². The van der Waals surface area contributed by atoms with E-state index in [1.807, 2.05) is 11.3 Å². The maximum atomic E-state index is 5.37. The van der Waals surface area contributed by atoms with E-state index < -0.39 is 0 Å². The van der Waals surface area contributed by atoms with Gasteiger partial charge in [0.2, 0.25) is 0 Å². The Hall–Kier alpha value is -0.300. The molecule has 0 unspecified atom stereocenters. The molecule has 0 N–H and O–H groups in total. The van der Waals surface area contributed by atoms with E-state index in [2.05, 4.69) is 32.7 Å². The third kappa shape index (κ3) is 3.17. The Morgan fingerprint density at radius 3 is 2.72 bits per heavy atom. The number of thioether (sulfide) groups is 1. The summed E-state index contributed by atoms with van der Waals surface area (Å²) < 4.78 is 5.37. The maximum absolute atomic E-state index is 5.37. The van der Waals surface area contributed by atoms with Crippen LogP contribution in [0.5, 0.6) is 0 Å². The summed E-state index contributed by atoms with van der Waals surface area (Å²) in [6.07, 6.45) is 2.05. The van der Waals surface area contributed by atoms with Crippen molar-refractivity contribution in [3.05, 3.63) is 11.1 Å². The fraction of sp³-hybridized carbons (Fsp3) is 0.750. The van der Waals surface area contributed by atoms with Gasteiger partial charge in [0.1, 0.15) is 0 Å². The lowest BCUT2D eigenvalue weighted by atomic mass is 10.4. The Morgan fingerprint density at radius 2 is 1.94 bits per heavy atom. The minimum Gasteiger partial charge on any atom is -0.378 e. The number of aromatic nitrogens is 1. The fourth-order valence-corrected chi connectivity index (χ4v) is 4.23. The van der Waals surface area contributed by atoms with Crippen LogP contribution >= 0.6 is 23.1 Å². The molecule has 2 fully saturated rings. The summed E-state index contributed by atoms with van der Waals surface area (Å²) in [6, 6.07) is 0. The van der Waals surface area contributed by atoms with Gasteiger partial charge in [0.25, 0.3) is 0 Å². The fourth-order valence-electron chi connectivity index (χ4n) is 2.25. The molecule has 100 valence electrons. The summed E-state index contributed by atoms with van der Waals surface area (Å²) in [6.45, 7) is 7.13. The van der Waals surface area contributed by atoms with E-state index in [4.69, 9.17) is 4.74 Å². The Balaban J connectivity index is 1.58.